The summed E-state index contributed by atoms with van der Waals surface area (Å²) in [5, 5.41) is 9.69. The van der Waals surface area contributed by atoms with Gasteiger partial charge in [-0.15, -0.1) is 0 Å². The number of aliphatic hydroxyl groups is 1. The van der Waals surface area contributed by atoms with Crippen molar-refractivity contribution in [3.8, 4) is 0 Å². The van der Waals surface area contributed by atoms with Gasteiger partial charge in [-0.1, -0.05) is 6.92 Å². The van der Waals surface area contributed by atoms with E-state index in [1.165, 1.54) is 0 Å². The molecule has 108 valence electrons. The highest BCUT2D eigenvalue weighted by molar-refractivity contribution is 5.91. The van der Waals surface area contributed by atoms with E-state index in [9.17, 15) is 14.7 Å². The molecule has 19 heavy (non-hydrogen) atoms. The second-order valence-electron chi connectivity index (χ2n) is 6.28. The van der Waals surface area contributed by atoms with E-state index in [0.717, 1.165) is 25.7 Å². The molecular weight excluding hydrogens is 244 g/mol. The summed E-state index contributed by atoms with van der Waals surface area (Å²) >= 11 is 0. The molecule has 2 aliphatic carbocycles. The topological polar surface area (TPSA) is 63.6 Å². The molecule has 0 heterocycles. The molecular formula is C15H24O4. The van der Waals surface area contributed by atoms with Gasteiger partial charge in [0, 0.05) is 11.3 Å². The standard InChI is InChI=1S/C15H24O4/c1-3-19-13(17)9-15(2)7-6-10-8-11(16)4-5-12(10)14(15)18/h10-12,16H,3-9H2,1-2H3. The number of hydrogen-bond acceptors (Lipinski definition) is 4. The van der Waals surface area contributed by atoms with Crippen LogP contribution in [0.4, 0.5) is 0 Å². The van der Waals surface area contributed by atoms with Crippen molar-refractivity contribution in [3.05, 3.63) is 0 Å². The minimum Gasteiger partial charge on any atom is -0.466 e. The Kier molecular flexibility index (Phi) is 4.29. The summed E-state index contributed by atoms with van der Waals surface area (Å²) in [6.45, 7) is 4.04. The smallest absolute Gasteiger partial charge is 0.306 e. The summed E-state index contributed by atoms with van der Waals surface area (Å²) in [4.78, 5) is 24.3. The van der Waals surface area contributed by atoms with E-state index in [2.05, 4.69) is 0 Å². The van der Waals surface area contributed by atoms with Gasteiger partial charge < -0.3 is 9.84 Å². The van der Waals surface area contributed by atoms with Gasteiger partial charge in [0.15, 0.2) is 0 Å². The van der Waals surface area contributed by atoms with Crippen molar-refractivity contribution in [1.29, 1.82) is 0 Å². The van der Waals surface area contributed by atoms with Gasteiger partial charge in [0.25, 0.3) is 0 Å². The van der Waals surface area contributed by atoms with Crippen LogP contribution in [0.25, 0.3) is 0 Å². The van der Waals surface area contributed by atoms with Gasteiger partial charge in [-0.3, -0.25) is 9.59 Å². The summed E-state index contributed by atoms with van der Waals surface area (Å²) in [6, 6.07) is 0. The predicted molar refractivity (Wildman–Crippen MR) is 70.4 cm³/mol. The lowest BCUT2D eigenvalue weighted by molar-refractivity contribution is -0.154. The normalized spacial score (nSPS) is 38.7. The number of rotatable bonds is 3. The lowest BCUT2D eigenvalue weighted by atomic mass is 9.59. The van der Waals surface area contributed by atoms with Crippen LogP contribution in [0.5, 0.6) is 0 Å². The summed E-state index contributed by atoms with van der Waals surface area (Å²) in [5.74, 6) is 0.291. The Morgan fingerprint density at radius 2 is 2.16 bits per heavy atom. The van der Waals surface area contributed by atoms with Crippen LogP contribution in [-0.2, 0) is 14.3 Å². The highest BCUT2D eigenvalue weighted by Gasteiger charge is 2.48. The first kappa shape index (κ1) is 14.5. The molecule has 0 radical (unpaired) electrons. The lowest BCUT2D eigenvalue weighted by Crippen LogP contribution is -2.46. The van der Waals surface area contributed by atoms with Crippen LogP contribution >= 0.6 is 0 Å². The Bertz CT molecular complexity index is 365. The van der Waals surface area contributed by atoms with Crippen molar-refractivity contribution in [2.75, 3.05) is 6.61 Å². The van der Waals surface area contributed by atoms with Gasteiger partial charge in [0.2, 0.25) is 0 Å². The van der Waals surface area contributed by atoms with E-state index < -0.39 is 5.41 Å². The summed E-state index contributed by atoms with van der Waals surface area (Å²) in [6.07, 6.45) is 3.84. The molecule has 0 aromatic carbocycles. The largest absolute Gasteiger partial charge is 0.466 e. The molecule has 0 aromatic rings. The molecule has 0 saturated heterocycles. The molecule has 0 bridgehead atoms. The number of carbonyl (C=O) groups is 2. The fourth-order valence-corrected chi connectivity index (χ4v) is 3.68. The zero-order valence-electron chi connectivity index (χ0n) is 11.9. The highest BCUT2D eigenvalue weighted by atomic mass is 16.5. The van der Waals surface area contributed by atoms with Gasteiger partial charge in [-0.2, -0.15) is 0 Å². The fraction of sp³-hybridized carbons (Fsp3) is 0.867. The molecule has 4 atom stereocenters. The van der Waals surface area contributed by atoms with Crippen LogP contribution in [0.15, 0.2) is 0 Å². The molecule has 2 fully saturated rings. The first-order valence-corrected chi connectivity index (χ1v) is 7.34. The van der Waals surface area contributed by atoms with Crippen LogP contribution in [0, 0.1) is 17.3 Å². The first-order chi connectivity index (χ1) is 8.96. The van der Waals surface area contributed by atoms with Crippen LogP contribution in [0.1, 0.15) is 52.4 Å². The average Bonchev–Trinajstić information content (AvgIpc) is 2.35. The van der Waals surface area contributed by atoms with Gasteiger partial charge in [-0.05, 0) is 44.9 Å². The van der Waals surface area contributed by atoms with E-state index in [-0.39, 0.29) is 30.2 Å². The Morgan fingerprint density at radius 3 is 2.84 bits per heavy atom. The van der Waals surface area contributed by atoms with Crippen molar-refractivity contribution < 1.29 is 19.4 Å². The fourth-order valence-electron chi connectivity index (χ4n) is 3.68. The monoisotopic (exact) mass is 268 g/mol. The van der Waals surface area contributed by atoms with Gasteiger partial charge in [-0.25, -0.2) is 0 Å². The minimum absolute atomic E-state index is 0.0385. The maximum Gasteiger partial charge on any atom is 0.306 e. The van der Waals surface area contributed by atoms with E-state index in [0.29, 0.717) is 18.9 Å². The van der Waals surface area contributed by atoms with Crippen molar-refractivity contribution in [1.82, 2.24) is 0 Å². The highest BCUT2D eigenvalue weighted by Crippen LogP contribution is 2.47. The Labute approximate surface area is 114 Å². The van der Waals surface area contributed by atoms with Crippen LogP contribution in [0.3, 0.4) is 0 Å². The molecule has 0 spiro atoms. The van der Waals surface area contributed by atoms with E-state index in [1.54, 1.807) is 6.92 Å². The molecule has 0 aliphatic heterocycles. The van der Waals surface area contributed by atoms with E-state index in [1.807, 2.05) is 6.92 Å². The number of Topliss-reactive ketones (excluding diaryl/α,β-unsaturated/α-hetero) is 1. The number of fused-ring (bicyclic) bond motifs is 1. The van der Waals surface area contributed by atoms with Crippen LogP contribution < -0.4 is 0 Å². The summed E-state index contributed by atoms with van der Waals surface area (Å²) < 4.78 is 4.98. The second-order valence-corrected chi connectivity index (χ2v) is 6.28. The van der Waals surface area contributed by atoms with E-state index >= 15 is 0 Å². The third-order valence-corrected chi connectivity index (χ3v) is 4.79. The molecule has 4 nitrogen and oxygen atoms in total. The zero-order valence-corrected chi connectivity index (χ0v) is 11.9. The number of aliphatic hydroxyl groups excluding tert-OH is 1. The molecule has 2 saturated carbocycles. The molecule has 4 unspecified atom stereocenters. The number of hydrogen-bond donors (Lipinski definition) is 1. The maximum absolute atomic E-state index is 12.6. The number of esters is 1. The van der Waals surface area contributed by atoms with Crippen molar-refractivity contribution in [2.24, 2.45) is 17.3 Å². The first-order valence-electron chi connectivity index (χ1n) is 7.34. The Hall–Kier alpha value is -0.900. The molecule has 1 N–H and O–H groups in total. The molecule has 2 aliphatic rings. The maximum atomic E-state index is 12.6. The predicted octanol–water partition coefficient (Wildman–Crippen LogP) is 2.09. The Balaban J connectivity index is 2.04. The van der Waals surface area contributed by atoms with Gasteiger partial charge in [0.05, 0.1) is 19.1 Å². The van der Waals surface area contributed by atoms with Crippen molar-refractivity contribution in [3.63, 3.8) is 0 Å². The molecule has 4 heteroatoms. The van der Waals surface area contributed by atoms with E-state index in [4.69, 9.17) is 4.74 Å². The lowest BCUT2D eigenvalue weighted by Gasteiger charge is -2.44. The van der Waals surface area contributed by atoms with Gasteiger partial charge in [0.1, 0.15) is 5.78 Å². The van der Waals surface area contributed by atoms with Gasteiger partial charge >= 0.3 is 5.97 Å². The third kappa shape index (κ3) is 2.99. The minimum atomic E-state index is -0.560. The zero-order chi connectivity index (χ0) is 14.0. The number of carbonyl (C=O) groups excluding carboxylic acids is 2. The SMILES string of the molecule is CCOC(=O)CC1(C)CCC2CC(O)CCC2C1=O. The molecule has 2 rings (SSSR count). The Morgan fingerprint density at radius 1 is 1.42 bits per heavy atom. The van der Waals surface area contributed by atoms with Crippen molar-refractivity contribution in [2.45, 2.75) is 58.5 Å². The quantitative estimate of drug-likeness (QED) is 0.796. The van der Waals surface area contributed by atoms with Crippen LogP contribution in [0.2, 0.25) is 0 Å². The third-order valence-electron chi connectivity index (χ3n) is 4.79. The molecule has 0 aromatic heterocycles. The molecule has 0 amide bonds. The van der Waals surface area contributed by atoms with Crippen molar-refractivity contribution >= 4 is 11.8 Å². The summed E-state index contributed by atoms with van der Waals surface area (Å²) in [7, 11) is 0. The van der Waals surface area contributed by atoms with Crippen LogP contribution in [-0.4, -0.2) is 29.6 Å². The number of ether oxygens (including phenoxy) is 1. The summed E-state index contributed by atoms with van der Waals surface area (Å²) in [5.41, 5.74) is -0.560. The number of ketones is 1. The average molecular weight is 268 g/mol. The second kappa shape index (κ2) is 5.61.